The van der Waals surface area contributed by atoms with E-state index >= 15 is 0 Å². The lowest BCUT2D eigenvalue weighted by Gasteiger charge is -2.32. The van der Waals surface area contributed by atoms with Crippen LogP contribution in [0.1, 0.15) is 12.8 Å². The summed E-state index contributed by atoms with van der Waals surface area (Å²) in [5.41, 5.74) is 2.46. The van der Waals surface area contributed by atoms with Crippen LogP contribution in [0.2, 0.25) is 0 Å². The first kappa shape index (κ1) is 9.70. The molecule has 1 aliphatic rings. The van der Waals surface area contributed by atoms with E-state index in [9.17, 15) is 0 Å². The van der Waals surface area contributed by atoms with Gasteiger partial charge in [0, 0.05) is 19.7 Å². The summed E-state index contributed by atoms with van der Waals surface area (Å²) in [7, 11) is 0. The van der Waals surface area contributed by atoms with Crippen molar-refractivity contribution in [2.45, 2.75) is 12.8 Å². The summed E-state index contributed by atoms with van der Waals surface area (Å²) in [4.78, 5) is 2.03. The Morgan fingerprint density at radius 2 is 2.17 bits per heavy atom. The van der Waals surface area contributed by atoms with Gasteiger partial charge in [0.1, 0.15) is 0 Å². The molecule has 0 atom stereocenters. The lowest BCUT2D eigenvalue weighted by atomic mass is 9.98. The zero-order chi connectivity index (χ0) is 8.97. The Balaban J connectivity index is 2.30. The molecule has 0 aliphatic carbocycles. The largest absolute Gasteiger partial charge is 0.396 e. The number of hydrogen-bond donors (Lipinski definition) is 3. The standard InChI is InChI=1S/C7H15N3OS/c8-9-7(12)10-3-1-6(5-11)2-4-10/h6,11H,1-5,8H2,(H,9,12). The summed E-state index contributed by atoms with van der Waals surface area (Å²) in [6.45, 7) is 2.08. The Hall–Kier alpha value is -0.390. The van der Waals surface area contributed by atoms with Crippen LogP contribution in [0.25, 0.3) is 0 Å². The van der Waals surface area contributed by atoms with E-state index in [1.54, 1.807) is 0 Å². The van der Waals surface area contributed by atoms with Crippen molar-refractivity contribution in [3.05, 3.63) is 0 Å². The Kier molecular flexibility index (Phi) is 3.71. The van der Waals surface area contributed by atoms with Gasteiger partial charge in [-0.25, -0.2) is 5.84 Å². The van der Waals surface area contributed by atoms with E-state index in [1.807, 2.05) is 4.90 Å². The summed E-state index contributed by atoms with van der Waals surface area (Å²) in [5, 5.41) is 9.48. The highest BCUT2D eigenvalue weighted by molar-refractivity contribution is 7.80. The highest BCUT2D eigenvalue weighted by Crippen LogP contribution is 2.15. The fourth-order valence-electron chi connectivity index (χ4n) is 1.41. The minimum Gasteiger partial charge on any atom is -0.396 e. The van der Waals surface area contributed by atoms with E-state index in [2.05, 4.69) is 5.43 Å². The maximum Gasteiger partial charge on any atom is 0.183 e. The summed E-state index contributed by atoms with van der Waals surface area (Å²) in [6, 6.07) is 0. The molecule has 4 N–H and O–H groups in total. The SMILES string of the molecule is NNC(=S)N1CCC(CO)CC1. The summed E-state index contributed by atoms with van der Waals surface area (Å²) >= 11 is 4.98. The van der Waals surface area contributed by atoms with Crippen molar-refractivity contribution < 1.29 is 5.11 Å². The predicted molar refractivity (Wildman–Crippen MR) is 51.3 cm³/mol. The van der Waals surface area contributed by atoms with Gasteiger partial charge in [-0.05, 0) is 31.0 Å². The highest BCUT2D eigenvalue weighted by atomic mass is 32.1. The van der Waals surface area contributed by atoms with E-state index in [0.717, 1.165) is 25.9 Å². The fraction of sp³-hybridized carbons (Fsp3) is 0.857. The molecular weight excluding hydrogens is 174 g/mol. The average molecular weight is 189 g/mol. The number of hydrazine groups is 1. The molecule has 0 aromatic rings. The van der Waals surface area contributed by atoms with Crippen LogP contribution in [0.3, 0.4) is 0 Å². The van der Waals surface area contributed by atoms with Gasteiger partial charge in [-0.1, -0.05) is 0 Å². The Bertz CT molecular complexity index is 157. The maximum atomic E-state index is 8.88. The zero-order valence-electron chi connectivity index (χ0n) is 6.99. The molecule has 4 nitrogen and oxygen atoms in total. The van der Waals surface area contributed by atoms with Crippen molar-refractivity contribution in [2.24, 2.45) is 11.8 Å². The van der Waals surface area contributed by atoms with E-state index in [-0.39, 0.29) is 6.61 Å². The van der Waals surface area contributed by atoms with Crippen molar-refractivity contribution >= 4 is 17.3 Å². The van der Waals surface area contributed by atoms with Crippen LogP contribution in [0.5, 0.6) is 0 Å². The quantitative estimate of drug-likeness (QED) is 0.293. The molecule has 0 aromatic heterocycles. The molecule has 0 bridgehead atoms. The van der Waals surface area contributed by atoms with Gasteiger partial charge < -0.3 is 15.4 Å². The van der Waals surface area contributed by atoms with Crippen molar-refractivity contribution in [2.75, 3.05) is 19.7 Å². The number of likely N-dealkylation sites (tertiary alicyclic amines) is 1. The second-order valence-corrected chi connectivity index (χ2v) is 3.45. The van der Waals surface area contributed by atoms with Crippen molar-refractivity contribution in [1.82, 2.24) is 10.3 Å². The van der Waals surface area contributed by atoms with Gasteiger partial charge in [0.15, 0.2) is 5.11 Å². The highest BCUT2D eigenvalue weighted by Gasteiger charge is 2.19. The molecule has 0 radical (unpaired) electrons. The van der Waals surface area contributed by atoms with Gasteiger partial charge in [-0.15, -0.1) is 0 Å². The number of hydrogen-bond acceptors (Lipinski definition) is 3. The Morgan fingerprint density at radius 1 is 1.58 bits per heavy atom. The topological polar surface area (TPSA) is 61.5 Å². The molecule has 1 rings (SSSR count). The number of nitrogens with two attached hydrogens (primary N) is 1. The lowest BCUT2D eigenvalue weighted by Crippen LogP contribution is -2.47. The number of aliphatic hydroxyl groups is 1. The number of thiocarbonyl (C=S) groups is 1. The first-order chi connectivity index (χ1) is 5.77. The molecule has 1 saturated heterocycles. The van der Waals surface area contributed by atoms with Gasteiger partial charge in [0.2, 0.25) is 0 Å². The molecule has 0 spiro atoms. The molecule has 0 aromatic carbocycles. The van der Waals surface area contributed by atoms with Crippen LogP contribution in [0.4, 0.5) is 0 Å². The number of nitrogens with zero attached hydrogens (tertiary/aromatic N) is 1. The molecule has 1 fully saturated rings. The molecular formula is C7H15N3OS. The van der Waals surface area contributed by atoms with E-state index < -0.39 is 0 Å². The van der Waals surface area contributed by atoms with Gasteiger partial charge in [0.05, 0.1) is 0 Å². The van der Waals surface area contributed by atoms with Gasteiger partial charge in [-0.2, -0.15) is 0 Å². The first-order valence-electron chi connectivity index (χ1n) is 4.14. The van der Waals surface area contributed by atoms with Crippen LogP contribution in [0, 0.1) is 5.92 Å². The third kappa shape index (κ3) is 2.30. The van der Waals surface area contributed by atoms with E-state index in [0.29, 0.717) is 11.0 Å². The summed E-state index contributed by atoms with van der Waals surface area (Å²) < 4.78 is 0. The number of aliphatic hydroxyl groups excluding tert-OH is 1. The van der Waals surface area contributed by atoms with Gasteiger partial charge >= 0.3 is 0 Å². The maximum absolute atomic E-state index is 8.88. The van der Waals surface area contributed by atoms with Crippen LogP contribution in [-0.2, 0) is 0 Å². The molecule has 1 heterocycles. The monoisotopic (exact) mass is 189 g/mol. The fourth-order valence-corrected chi connectivity index (χ4v) is 1.59. The molecule has 0 saturated carbocycles. The van der Waals surface area contributed by atoms with Crippen LogP contribution >= 0.6 is 12.2 Å². The number of rotatable bonds is 1. The summed E-state index contributed by atoms with van der Waals surface area (Å²) in [5.74, 6) is 5.63. The predicted octanol–water partition coefficient (Wildman–Crippen LogP) is -0.561. The first-order valence-corrected chi connectivity index (χ1v) is 4.55. The van der Waals surface area contributed by atoms with E-state index in [4.69, 9.17) is 23.2 Å². The normalized spacial score (nSPS) is 19.3. The van der Waals surface area contributed by atoms with Crippen molar-refractivity contribution in [3.63, 3.8) is 0 Å². The molecule has 0 unspecified atom stereocenters. The molecule has 5 heteroatoms. The Morgan fingerprint density at radius 3 is 2.58 bits per heavy atom. The molecule has 0 amide bonds. The van der Waals surface area contributed by atoms with Gasteiger partial charge in [-0.3, -0.25) is 0 Å². The molecule has 70 valence electrons. The third-order valence-corrected chi connectivity index (χ3v) is 2.66. The van der Waals surface area contributed by atoms with Crippen molar-refractivity contribution in [3.8, 4) is 0 Å². The Labute approximate surface area is 77.7 Å². The number of nitrogens with one attached hydrogen (secondary N) is 1. The summed E-state index contributed by atoms with van der Waals surface area (Å²) in [6.07, 6.45) is 2.00. The smallest absolute Gasteiger partial charge is 0.183 e. The second-order valence-electron chi connectivity index (χ2n) is 3.06. The van der Waals surface area contributed by atoms with E-state index in [1.165, 1.54) is 0 Å². The lowest BCUT2D eigenvalue weighted by molar-refractivity contribution is 0.166. The van der Waals surface area contributed by atoms with Crippen LogP contribution in [-0.4, -0.2) is 34.8 Å². The van der Waals surface area contributed by atoms with Crippen molar-refractivity contribution in [1.29, 1.82) is 0 Å². The average Bonchev–Trinajstić information content (AvgIpc) is 2.17. The molecule has 12 heavy (non-hydrogen) atoms. The minimum absolute atomic E-state index is 0.288. The van der Waals surface area contributed by atoms with Crippen LogP contribution < -0.4 is 11.3 Å². The zero-order valence-corrected chi connectivity index (χ0v) is 7.81. The van der Waals surface area contributed by atoms with Crippen LogP contribution in [0.15, 0.2) is 0 Å². The number of piperidine rings is 1. The second kappa shape index (κ2) is 4.59. The minimum atomic E-state index is 0.288. The van der Waals surface area contributed by atoms with Gasteiger partial charge in [0.25, 0.3) is 0 Å². The molecule has 1 aliphatic heterocycles. The third-order valence-electron chi connectivity index (χ3n) is 2.28.